The van der Waals surface area contributed by atoms with E-state index in [1.807, 2.05) is 78.8 Å². The summed E-state index contributed by atoms with van der Waals surface area (Å²) in [7, 11) is 1.70. The molecule has 0 radical (unpaired) electrons. The van der Waals surface area contributed by atoms with Gasteiger partial charge in [-0.25, -0.2) is 4.79 Å². The van der Waals surface area contributed by atoms with E-state index < -0.39 is 28.9 Å². The average Bonchev–Trinajstić information content (AvgIpc) is 2.78. The highest BCUT2D eigenvalue weighted by Gasteiger charge is 2.40. The lowest BCUT2D eigenvalue weighted by molar-refractivity contribution is -0.141. The molecule has 1 aromatic carbocycles. The Morgan fingerprint density at radius 1 is 1.09 bits per heavy atom. The number of benzene rings is 1. The van der Waals surface area contributed by atoms with Crippen molar-refractivity contribution < 1.29 is 19.1 Å². The Labute approximate surface area is 211 Å². The first-order valence-corrected chi connectivity index (χ1v) is 12.3. The molecule has 0 fully saturated rings. The van der Waals surface area contributed by atoms with Gasteiger partial charge in [-0.2, -0.15) is 0 Å². The Balaban J connectivity index is 3.22. The predicted octanol–water partition coefficient (Wildman–Crippen LogP) is 3.81. The second-order valence-electron chi connectivity index (χ2n) is 11.1. The van der Waals surface area contributed by atoms with E-state index in [0.29, 0.717) is 5.57 Å². The minimum absolute atomic E-state index is 0.0314. The van der Waals surface area contributed by atoms with Crippen molar-refractivity contribution >= 4 is 17.8 Å². The SMILES string of the molecule is CCOC(=O)/C(C)=C/[C@H](C(C)C)N(C)C(=O)[C@@H](NC(=O)[C@@H](N)C(C)(C)c1ccccc1)C(C)(C)C. The number of rotatable bonds is 10. The number of esters is 1. The molecule has 0 aliphatic rings. The first-order chi connectivity index (χ1) is 16.0. The van der Waals surface area contributed by atoms with Gasteiger partial charge in [0, 0.05) is 18.0 Å². The Morgan fingerprint density at radius 2 is 1.63 bits per heavy atom. The van der Waals surface area contributed by atoms with Crippen LogP contribution in [0.4, 0.5) is 0 Å². The van der Waals surface area contributed by atoms with Crippen molar-refractivity contribution in [3.05, 3.63) is 47.5 Å². The van der Waals surface area contributed by atoms with Crippen molar-refractivity contribution in [2.45, 2.75) is 85.9 Å². The molecule has 1 rings (SSSR count). The maximum atomic E-state index is 13.7. The lowest BCUT2D eigenvalue weighted by Gasteiger charge is -2.39. The molecule has 0 heterocycles. The zero-order chi connectivity index (χ0) is 27.1. The van der Waals surface area contributed by atoms with E-state index >= 15 is 0 Å². The van der Waals surface area contributed by atoms with Gasteiger partial charge in [-0.3, -0.25) is 9.59 Å². The van der Waals surface area contributed by atoms with E-state index in [-0.39, 0.29) is 30.4 Å². The van der Waals surface area contributed by atoms with E-state index in [0.717, 1.165) is 5.56 Å². The van der Waals surface area contributed by atoms with Crippen LogP contribution >= 0.6 is 0 Å². The number of ether oxygens (including phenoxy) is 1. The van der Waals surface area contributed by atoms with Crippen molar-refractivity contribution in [2.75, 3.05) is 13.7 Å². The summed E-state index contributed by atoms with van der Waals surface area (Å²) < 4.78 is 5.09. The van der Waals surface area contributed by atoms with Crippen molar-refractivity contribution in [3.63, 3.8) is 0 Å². The van der Waals surface area contributed by atoms with E-state index in [4.69, 9.17) is 10.5 Å². The number of carbonyl (C=O) groups is 3. The van der Waals surface area contributed by atoms with Crippen LogP contribution in [0.5, 0.6) is 0 Å². The van der Waals surface area contributed by atoms with Crippen LogP contribution in [0.15, 0.2) is 42.0 Å². The van der Waals surface area contributed by atoms with Gasteiger partial charge in [0.2, 0.25) is 11.8 Å². The minimum Gasteiger partial charge on any atom is -0.463 e. The fourth-order valence-corrected chi connectivity index (χ4v) is 3.93. The number of nitrogens with one attached hydrogen (secondary N) is 1. The molecule has 0 aromatic heterocycles. The molecule has 7 heteroatoms. The first-order valence-electron chi connectivity index (χ1n) is 12.3. The molecular formula is C28H45N3O4. The zero-order valence-corrected chi connectivity index (χ0v) is 23.1. The summed E-state index contributed by atoms with van der Waals surface area (Å²) in [6.07, 6.45) is 1.76. The first kappa shape index (κ1) is 30.4. The summed E-state index contributed by atoms with van der Waals surface area (Å²) in [4.78, 5) is 40.8. The van der Waals surface area contributed by atoms with Gasteiger partial charge in [0.1, 0.15) is 6.04 Å². The van der Waals surface area contributed by atoms with Gasteiger partial charge >= 0.3 is 5.97 Å². The Kier molecular flexibility index (Phi) is 10.7. The van der Waals surface area contributed by atoms with Gasteiger partial charge < -0.3 is 20.7 Å². The third kappa shape index (κ3) is 7.92. The lowest BCUT2D eigenvalue weighted by Crippen LogP contribution is -2.61. The van der Waals surface area contributed by atoms with Crippen LogP contribution in [-0.4, -0.2) is 54.5 Å². The van der Waals surface area contributed by atoms with Crippen molar-refractivity contribution in [1.82, 2.24) is 10.2 Å². The standard InChI is InChI=1S/C28H45N3O4/c1-11-35-26(34)19(4)17-21(18(2)3)31(10)25(33)23(27(5,6)7)30-24(32)22(29)28(8,9)20-15-13-12-14-16-20/h12-18,21-23H,11,29H2,1-10H3,(H,30,32)/b19-17+/t21-,22-,23-/m1/s1. The highest BCUT2D eigenvalue weighted by Crippen LogP contribution is 2.28. The lowest BCUT2D eigenvalue weighted by atomic mass is 9.77. The third-order valence-electron chi connectivity index (χ3n) is 6.47. The van der Waals surface area contributed by atoms with Gasteiger partial charge in [-0.15, -0.1) is 0 Å². The molecular weight excluding hydrogens is 442 g/mol. The molecule has 2 amide bonds. The number of carbonyl (C=O) groups excluding carboxylic acids is 3. The molecule has 3 atom stereocenters. The fraction of sp³-hybridized carbons (Fsp3) is 0.607. The molecule has 0 unspecified atom stereocenters. The highest BCUT2D eigenvalue weighted by molar-refractivity contribution is 5.91. The number of hydrogen-bond donors (Lipinski definition) is 2. The van der Waals surface area contributed by atoms with Crippen LogP contribution in [0.3, 0.4) is 0 Å². The minimum atomic E-state index is -0.861. The number of amides is 2. The van der Waals surface area contributed by atoms with E-state index in [1.54, 1.807) is 31.9 Å². The molecule has 0 spiro atoms. The van der Waals surface area contributed by atoms with Crippen molar-refractivity contribution in [1.29, 1.82) is 0 Å². The number of nitrogens with two attached hydrogens (primary N) is 1. The smallest absolute Gasteiger partial charge is 0.333 e. The number of nitrogens with zero attached hydrogens (tertiary/aromatic N) is 1. The highest BCUT2D eigenvalue weighted by atomic mass is 16.5. The summed E-state index contributed by atoms with van der Waals surface area (Å²) in [5, 5.41) is 2.94. The second kappa shape index (κ2) is 12.3. The van der Waals surface area contributed by atoms with Crippen LogP contribution < -0.4 is 11.1 Å². The van der Waals surface area contributed by atoms with Crippen LogP contribution in [-0.2, 0) is 24.5 Å². The monoisotopic (exact) mass is 487 g/mol. The molecule has 0 aliphatic heterocycles. The molecule has 3 N–H and O–H groups in total. The van der Waals surface area contributed by atoms with Gasteiger partial charge in [-0.05, 0) is 30.7 Å². The molecule has 1 aromatic rings. The van der Waals surface area contributed by atoms with Gasteiger partial charge in [-0.1, -0.05) is 84.9 Å². The van der Waals surface area contributed by atoms with Crippen molar-refractivity contribution in [3.8, 4) is 0 Å². The Morgan fingerprint density at radius 3 is 2.09 bits per heavy atom. The van der Waals surface area contributed by atoms with E-state index in [2.05, 4.69) is 5.32 Å². The van der Waals surface area contributed by atoms with Gasteiger partial charge in [0.25, 0.3) is 0 Å². The Hall–Kier alpha value is -2.67. The van der Waals surface area contributed by atoms with Crippen LogP contribution in [0.2, 0.25) is 0 Å². The van der Waals surface area contributed by atoms with Gasteiger partial charge in [0.05, 0.1) is 18.7 Å². The topological polar surface area (TPSA) is 102 Å². The largest absolute Gasteiger partial charge is 0.463 e. The summed E-state index contributed by atoms with van der Waals surface area (Å²) in [5.74, 6) is -1.01. The normalized spacial score (nSPS) is 15.3. The maximum absolute atomic E-state index is 13.7. The van der Waals surface area contributed by atoms with E-state index in [1.165, 1.54) is 0 Å². The summed E-state index contributed by atoms with van der Waals surface area (Å²) >= 11 is 0. The Bertz CT molecular complexity index is 901. The summed E-state index contributed by atoms with van der Waals surface area (Å²) in [5.41, 5.74) is 6.61. The molecule has 0 aliphatic carbocycles. The van der Waals surface area contributed by atoms with Crippen LogP contribution in [0.1, 0.15) is 67.9 Å². The average molecular weight is 488 g/mol. The molecule has 0 saturated carbocycles. The second-order valence-corrected chi connectivity index (χ2v) is 11.1. The van der Waals surface area contributed by atoms with E-state index in [9.17, 15) is 14.4 Å². The zero-order valence-electron chi connectivity index (χ0n) is 23.1. The molecule has 196 valence electrons. The van der Waals surface area contributed by atoms with Crippen LogP contribution in [0.25, 0.3) is 0 Å². The molecule has 35 heavy (non-hydrogen) atoms. The fourth-order valence-electron chi connectivity index (χ4n) is 3.93. The summed E-state index contributed by atoms with van der Waals surface area (Å²) in [6.45, 7) is 17.2. The molecule has 7 nitrogen and oxygen atoms in total. The van der Waals surface area contributed by atoms with Crippen LogP contribution in [0, 0.1) is 11.3 Å². The molecule has 0 saturated heterocycles. The van der Waals surface area contributed by atoms with Crippen molar-refractivity contribution in [2.24, 2.45) is 17.1 Å². The number of likely N-dealkylation sites (N-methyl/N-ethyl adjacent to an activating group) is 1. The molecule has 0 bridgehead atoms. The quantitative estimate of drug-likeness (QED) is 0.386. The predicted molar refractivity (Wildman–Crippen MR) is 141 cm³/mol. The number of hydrogen-bond acceptors (Lipinski definition) is 5. The summed E-state index contributed by atoms with van der Waals surface area (Å²) in [6, 6.07) is 7.60. The third-order valence-corrected chi connectivity index (χ3v) is 6.47. The van der Waals surface area contributed by atoms with Gasteiger partial charge in [0.15, 0.2) is 0 Å². The maximum Gasteiger partial charge on any atom is 0.333 e.